The molecule has 0 saturated carbocycles. The molecule has 0 radical (unpaired) electrons. The fourth-order valence-electron chi connectivity index (χ4n) is 9.69. The van der Waals surface area contributed by atoms with Crippen molar-refractivity contribution in [3.8, 4) is 67.3 Å². The minimum Gasteiger partial charge on any atom is -0.228 e. The molecule has 0 N–H and O–H groups in total. The third-order valence-corrected chi connectivity index (χ3v) is 12.6. The van der Waals surface area contributed by atoms with Crippen molar-refractivity contribution < 1.29 is 0 Å². The highest BCUT2D eigenvalue weighted by Crippen LogP contribution is 2.55. The molecule has 2 nitrogen and oxygen atoms in total. The van der Waals surface area contributed by atoms with Gasteiger partial charge in [0, 0.05) is 27.5 Å². The maximum Gasteiger partial charge on any atom is 0.160 e. The van der Waals surface area contributed by atoms with Gasteiger partial charge in [0.15, 0.2) is 5.82 Å². The zero-order valence-corrected chi connectivity index (χ0v) is 32.1. The molecule has 0 amide bonds. The SMILES string of the molecule is CC1(C)c2cc3ccccc3cc2-c2c(-c3cccc(-c4cc(-c5cccc6c5-c5cc7ccccc7cc5C6(C)C)nc(-c5ccccc5)n4)c3)cccc21. The molecule has 11 rings (SSSR count). The zero-order valence-electron chi connectivity index (χ0n) is 32.1. The molecular weight excluding hydrogens is 677 g/mol. The van der Waals surface area contributed by atoms with Gasteiger partial charge in [-0.15, -0.1) is 0 Å². The van der Waals surface area contributed by atoms with Crippen LogP contribution in [0.25, 0.3) is 88.8 Å². The van der Waals surface area contributed by atoms with Crippen molar-refractivity contribution in [1.82, 2.24) is 9.97 Å². The minimum absolute atomic E-state index is 0.107. The molecule has 0 bridgehead atoms. The van der Waals surface area contributed by atoms with Gasteiger partial charge in [-0.3, -0.25) is 0 Å². The van der Waals surface area contributed by atoms with Crippen LogP contribution in [0.4, 0.5) is 0 Å². The molecule has 0 atom stereocenters. The Hall–Kier alpha value is -6.64. The second-order valence-electron chi connectivity index (χ2n) is 16.6. The van der Waals surface area contributed by atoms with Crippen molar-refractivity contribution in [3.63, 3.8) is 0 Å². The summed E-state index contributed by atoms with van der Waals surface area (Å²) in [6.45, 7) is 9.43. The fourth-order valence-corrected chi connectivity index (χ4v) is 9.69. The van der Waals surface area contributed by atoms with Gasteiger partial charge < -0.3 is 0 Å². The standard InChI is InChI=1S/C54H40N2/c1-53(2)44-25-13-23-40(50(44)42-28-34-17-8-10-19-36(34)30-46(42)53)38-21-12-22-39(27-38)48-32-49(56-52(55-48)33-15-6-5-7-16-33)41-24-14-26-45-51(41)43-29-35-18-9-11-20-37(35)31-47(43)54(45,3)4/h5-32H,1-4H3. The second kappa shape index (κ2) is 11.9. The van der Waals surface area contributed by atoms with Crippen LogP contribution in [-0.4, -0.2) is 9.97 Å². The van der Waals surface area contributed by atoms with Crippen LogP contribution in [0, 0.1) is 0 Å². The first kappa shape index (κ1) is 32.8. The number of rotatable bonds is 4. The lowest BCUT2D eigenvalue weighted by Gasteiger charge is -2.22. The van der Waals surface area contributed by atoms with E-state index in [2.05, 4.69) is 191 Å². The molecule has 266 valence electrons. The topological polar surface area (TPSA) is 25.8 Å². The van der Waals surface area contributed by atoms with E-state index in [-0.39, 0.29) is 10.8 Å². The lowest BCUT2D eigenvalue weighted by atomic mass is 9.81. The van der Waals surface area contributed by atoms with Crippen LogP contribution >= 0.6 is 0 Å². The predicted octanol–water partition coefficient (Wildman–Crippen LogP) is 14.1. The molecular formula is C54H40N2. The molecule has 2 heteroatoms. The van der Waals surface area contributed by atoms with Crippen molar-refractivity contribution in [2.45, 2.75) is 38.5 Å². The van der Waals surface area contributed by atoms with E-state index >= 15 is 0 Å². The molecule has 0 fully saturated rings. The van der Waals surface area contributed by atoms with E-state index in [1.165, 1.54) is 77.2 Å². The maximum absolute atomic E-state index is 5.34. The summed E-state index contributed by atoms with van der Waals surface area (Å²) < 4.78 is 0. The van der Waals surface area contributed by atoms with Crippen LogP contribution < -0.4 is 0 Å². The Morgan fingerprint density at radius 1 is 0.321 bits per heavy atom. The number of fused-ring (bicyclic) bond motifs is 8. The van der Waals surface area contributed by atoms with Crippen molar-refractivity contribution in [2.24, 2.45) is 0 Å². The van der Waals surface area contributed by atoms with E-state index in [1.807, 2.05) is 6.07 Å². The third kappa shape index (κ3) is 4.82. The van der Waals surface area contributed by atoms with Gasteiger partial charge in [-0.1, -0.05) is 161 Å². The Bertz CT molecular complexity index is 3080. The number of hydrogen-bond donors (Lipinski definition) is 0. The van der Waals surface area contributed by atoms with E-state index in [9.17, 15) is 0 Å². The molecule has 0 aliphatic heterocycles. The Morgan fingerprint density at radius 3 is 1.39 bits per heavy atom. The van der Waals surface area contributed by atoms with E-state index in [0.717, 1.165) is 33.9 Å². The summed E-state index contributed by atoms with van der Waals surface area (Å²) in [6.07, 6.45) is 0. The molecule has 2 aliphatic carbocycles. The first-order valence-electron chi connectivity index (χ1n) is 19.7. The lowest BCUT2D eigenvalue weighted by Crippen LogP contribution is -2.14. The lowest BCUT2D eigenvalue weighted by molar-refractivity contribution is 0.661. The molecule has 56 heavy (non-hydrogen) atoms. The molecule has 1 aromatic heterocycles. The number of nitrogens with zero attached hydrogens (tertiary/aromatic N) is 2. The highest BCUT2D eigenvalue weighted by Gasteiger charge is 2.39. The third-order valence-electron chi connectivity index (χ3n) is 12.6. The molecule has 8 aromatic carbocycles. The van der Waals surface area contributed by atoms with Gasteiger partial charge in [0.1, 0.15) is 0 Å². The van der Waals surface area contributed by atoms with Crippen molar-refractivity contribution in [1.29, 1.82) is 0 Å². The summed E-state index contributed by atoms with van der Waals surface area (Å²) in [5.74, 6) is 0.722. The van der Waals surface area contributed by atoms with Gasteiger partial charge in [-0.2, -0.15) is 0 Å². The van der Waals surface area contributed by atoms with Crippen molar-refractivity contribution in [2.75, 3.05) is 0 Å². The van der Waals surface area contributed by atoms with E-state index < -0.39 is 0 Å². The summed E-state index contributed by atoms with van der Waals surface area (Å²) >= 11 is 0. The molecule has 0 saturated heterocycles. The Labute approximate surface area is 328 Å². The first-order chi connectivity index (χ1) is 27.3. The number of hydrogen-bond acceptors (Lipinski definition) is 2. The van der Waals surface area contributed by atoms with Crippen LogP contribution in [0.5, 0.6) is 0 Å². The largest absolute Gasteiger partial charge is 0.228 e. The van der Waals surface area contributed by atoms with Gasteiger partial charge in [0.2, 0.25) is 0 Å². The van der Waals surface area contributed by atoms with E-state index in [1.54, 1.807) is 0 Å². The van der Waals surface area contributed by atoms with Gasteiger partial charge in [-0.25, -0.2) is 9.97 Å². The van der Waals surface area contributed by atoms with E-state index in [0.29, 0.717) is 0 Å². The fraction of sp³-hybridized carbons (Fsp3) is 0.111. The summed E-state index contributed by atoms with van der Waals surface area (Å²) in [4.78, 5) is 10.6. The number of benzene rings is 8. The predicted molar refractivity (Wildman–Crippen MR) is 234 cm³/mol. The molecule has 2 aliphatic rings. The molecule has 1 heterocycles. The minimum atomic E-state index is -0.146. The number of aromatic nitrogens is 2. The summed E-state index contributed by atoms with van der Waals surface area (Å²) in [5, 5.41) is 5.08. The van der Waals surface area contributed by atoms with Crippen LogP contribution in [0.2, 0.25) is 0 Å². The Kier molecular flexibility index (Phi) is 6.98. The second-order valence-corrected chi connectivity index (χ2v) is 16.6. The van der Waals surface area contributed by atoms with Crippen LogP contribution in [0.3, 0.4) is 0 Å². The van der Waals surface area contributed by atoms with E-state index in [4.69, 9.17) is 9.97 Å². The highest BCUT2D eigenvalue weighted by molar-refractivity contribution is 6.00. The maximum atomic E-state index is 5.34. The van der Waals surface area contributed by atoms with Gasteiger partial charge in [0.25, 0.3) is 0 Å². The smallest absolute Gasteiger partial charge is 0.160 e. The quantitative estimate of drug-likeness (QED) is 0.181. The van der Waals surface area contributed by atoms with Crippen molar-refractivity contribution >= 4 is 21.5 Å². The van der Waals surface area contributed by atoms with Crippen molar-refractivity contribution in [3.05, 3.63) is 192 Å². The van der Waals surface area contributed by atoms with Gasteiger partial charge in [0.05, 0.1) is 11.4 Å². The average Bonchev–Trinajstić information content (AvgIpc) is 3.60. The van der Waals surface area contributed by atoms with Gasteiger partial charge in [-0.05, 0) is 114 Å². The summed E-state index contributed by atoms with van der Waals surface area (Å²) in [5.41, 5.74) is 17.9. The Morgan fingerprint density at radius 2 is 0.786 bits per heavy atom. The summed E-state index contributed by atoms with van der Waals surface area (Å²) in [7, 11) is 0. The molecule has 0 unspecified atom stereocenters. The van der Waals surface area contributed by atoms with Gasteiger partial charge >= 0.3 is 0 Å². The van der Waals surface area contributed by atoms with Crippen LogP contribution in [0.1, 0.15) is 49.9 Å². The molecule has 0 spiro atoms. The normalized spacial score (nSPS) is 14.4. The summed E-state index contributed by atoms with van der Waals surface area (Å²) in [6, 6.07) is 62.1. The zero-order chi connectivity index (χ0) is 37.8. The molecule has 9 aromatic rings. The highest BCUT2D eigenvalue weighted by atomic mass is 14.9. The Balaban J connectivity index is 1.10. The monoisotopic (exact) mass is 716 g/mol. The first-order valence-corrected chi connectivity index (χ1v) is 19.7. The average molecular weight is 717 g/mol. The van der Waals surface area contributed by atoms with Crippen LogP contribution in [0.15, 0.2) is 170 Å². The van der Waals surface area contributed by atoms with Crippen LogP contribution in [-0.2, 0) is 10.8 Å².